The molecule has 0 aromatic carbocycles. The van der Waals surface area contributed by atoms with Gasteiger partial charge in [0.1, 0.15) is 0 Å². The van der Waals surface area contributed by atoms with Gasteiger partial charge in [0.15, 0.2) is 5.01 Å². The maximum Gasteiger partial charge on any atom is 0.207 e. The number of hydrogen-bond acceptors (Lipinski definition) is 4. The predicted molar refractivity (Wildman–Crippen MR) is 59.1 cm³/mol. The van der Waals surface area contributed by atoms with Gasteiger partial charge in [0.05, 0.1) is 17.3 Å². The van der Waals surface area contributed by atoms with Gasteiger partial charge in [-0.15, -0.1) is 10.2 Å². The molecule has 0 saturated heterocycles. The van der Waals surface area contributed by atoms with Crippen LogP contribution in [-0.2, 0) is 0 Å². The topological polar surface area (TPSA) is 43.1 Å². The van der Waals surface area contributed by atoms with Gasteiger partial charge in [-0.3, -0.25) is 0 Å². The molecule has 0 radical (unpaired) electrons. The number of halogens is 1. The molecule has 3 aromatic heterocycles. The zero-order valence-electron chi connectivity index (χ0n) is 7.46. The van der Waals surface area contributed by atoms with Crippen LogP contribution in [0.25, 0.3) is 16.1 Å². The summed E-state index contributed by atoms with van der Waals surface area (Å²) in [6.07, 6.45) is 3.66. The number of nitrogens with zero attached hydrogens (tertiary/aromatic N) is 4. The fraction of sp³-hybridized carbons (Fsp3) is 0. The van der Waals surface area contributed by atoms with E-state index >= 15 is 0 Å². The van der Waals surface area contributed by atoms with Crippen LogP contribution in [0.15, 0.2) is 30.6 Å². The second-order valence-corrected chi connectivity index (χ2v) is 4.51. The van der Waals surface area contributed by atoms with E-state index < -0.39 is 0 Å². The first-order valence-electron chi connectivity index (χ1n) is 4.26. The minimum Gasteiger partial charge on any atom is -0.240 e. The van der Waals surface area contributed by atoms with Crippen LogP contribution in [-0.4, -0.2) is 19.8 Å². The third-order valence-corrected chi connectivity index (χ3v) is 3.11. The lowest BCUT2D eigenvalue weighted by molar-refractivity contribution is 0.961. The van der Waals surface area contributed by atoms with E-state index in [0.717, 1.165) is 16.1 Å². The van der Waals surface area contributed by atoms with Crippen LogP contribution < -0.4 is 0 Å². The molecule has 0 aliphatic heterocycles. The lowest BCUT2D eigenvalue weighted by Crippen LogP contribution is -1.83. The lowest BCUT2D eigenvalue weighted by Gasteiger charge is -1.92. The number of rotatable bonds is 1. The molecule has 0 unspecified atom stereocenters. The number of aromatic nitrogens is 4. The Morgan fingerprint density at radius 1 is 1.27 bits per heavy atom. The van der Waals surface area contributed by atoms with Crippen molar-refractivity contribution in [1.29, 1.82) is 0 Å². The molecule has 15 heavy (non-hydrogen) atoms. The predicted octanol–water partition coefficient (Wildman–Crippen LogP) is 2.51. The molecule has 0 saturated carbocycles. The van der Waals surface area contributed by atoms with Crippen molar-refractivity contribution in [3.63, 3.8) is 0 Å². The Morgan fingerprint density at radius 3 is 3.00 bits per heavy atom. The Balaban J connectivity index is 2.27. The van der Waals surface area contributed by atoms with Gasteiger partial charge in [-0.25, -0.2) is 4.52 Å². The summed E-state index contributed by atoms with van der Waals surface area (Å²) >= 11 is 7.10. The highest BCUT2D eigenvalue weighted by Crippen LogP contribution is 2.28. The Morgan fingerprint density at radius 2 is 2.20 bits per heavy atom. The summed E-state index contributed by atoms with van der Waals surface area (Å²) in [5.41, 5.74) is 1.96. The molecule has 0 atom stereocenters. The van der Waals surface area contributed by atoms with Gasteiger partial charge in [0, 0.05) is 6.20 Å². The van der Waals surface area contributed by atoms with Crippen LogP contribution in [0.3, 0.4) is 0 Å². The minimum atomic E-state index is 0.445. The van der Waals surface area contributed by atoms with Crippen molar-refractivity contribution in [3.05, 3.63) is 35.1 Å². The second kappa shape index (κ2) is 3.29. The highest BCUT2D eigenvalue weighted by Gasteiger charge is 2.10. The van der Waals surface area contributed by atoms with Gasteiger partial charge in [-0.2, -0.15) is 5.10 Å². The molecule has 3 heterocycles. The first-order valence-corrected chi connectivity index (χ1v) is 5.46. The molecule has 0 fully saturated rings. The number of hydrogen-bond donors (Lipinski definition) is 0. The van der Waals surface area contributed by atoms with Crippen molar-refractivity contribution in [2.75, 3.05) is 0 Å². The third-order valence-electron chi connectivity index (χ3n) is 2.06. The number of fused-ring (bicyclic) bond motifs is 1. The van der Waals surface area contributed by atoms with E-state index in [4.69, 9.17) is 11.6 Å². The van der Waals surface area contributed by atoms with Crippen LogP contribution in [0.1, 0.15) is 0 Å². The molecule has 0 N–H and O–H groups in total. The first-order chi connectivity index (χ1) is 7.34. The monoisotopic (exact) mass is 236 g/mol. The molecule has 4 nitrogen and oxygen atoms in total. The molecule has 0 spiro atoms. The van der Waals surface area contributed by atoms with Crippen LogP contribution in [0.5, 0.6) is 0 Å². The van der Waals surface area contributed by atoms with Crippen molar-refractivity contribution in [3.8, 4) is 10.6 Å². The SMILES string of the molecule is Clc1nnc(-c2cnn3ccccc23)s1. The van der Waals surface area contributed by atoms with Crippen LogP contribution in [0.2, 0.25) is 4.47 Å². The molecule has 3 rings (SSSR count). The maximum absolute atomic E-state index is 5.75. The maximum atomic E-state index is 5.75. The van der Waals surface area contributed by atoms with Crippen molar-refractivity contribution in [2.24, 2.45) is 0 Å². The molecule has 6 heteroatoms. The van der Waals surface area contributed by atoms with E-state index in [1.807, 2.05) is 24.4 Å². The van der Waals surface area contributed by atoms with Gasteiger partial charge in [0.2, 0.25) is 4.47 Å². The molecule has 0 bridgehead atoms. The molecule has 0 aliphatic carbocycles. The van der Waals surface area contributed by atoms with Crippen LogP contribution in [0.4, 0.5) is 0 Å². The first kappa shape index (κ1) is 8.82. The molecule has 0 aliphatic rings. The van der Waals surface area contributed by atoms with Crippen molar-refractivity contribution in [1.82, 2.24) is 19.8 Å². The fourth-order valence-electron chi connectivity index (χ4n) is 1.41. The average molecular weight is 237 g/mol. The summed E-state index contributed by atoms with van der Waals surface area (Å²) in [5, 5.41) is 12.8. The molecular formula is C9H5ClN4S. The van der Waals surface area contributed by atoms with Gasteiger partial charge < -0.3 is 0 Å². The summed E-state index contributed by atoms with van der Waals surface area (Å²) < 4.78 is 2.24. The minimum absolute atomic E-state index is 0.445. The highest BCUT2D eigenvalue weighted by atomic mass is 35.5. The third kappa shape index (κ3) is 1.40. The normalized spacial score (nSPS) is 11.0. The van der Waals surface area contributed by atoms with Crippen LogP contribution >= 0.6 is 22.9 Å². The Hall–Kier alpha value is -1.46. The van der Waals surface area contributed by atoms with Crippen molar-refractivity contribution in [2.45, 2.75) is 0 Å². The van der Waals surface area contributed by atoms with E-state index in [1.165, 1.54) is 11.3 Å². The second-order valence-electron chi connectivity index (χ2n) is 2.95. The van der Waals surface area contributed by atoms with E-state index in [9.17, 15) is 0 Å². The summed E-state index contributed by atoms with van der Waals surface area (Å²) in [4.78, 5) is 0. The fourth-order valence-corrected chi connectivity index (χ4v) is 2.26. The van der Waals surface area contributed by atoms with E-state index in [1.54, 1.807) is 10.7 Å². The zero-order valence-corrected chi connectivity index (χ0v) is 9.03. The van der Waals surface area contributed by atoms with E-state index in [0.29, 0.717) is 4.47 Å². The highest BCUT2D eigenvalue weighted by molar-refractivity contribution is 7.18. The largest absolute Gasteiger partial charge is 0.240 e. The van der Waals surface area contributed by atoms with Gasteiger partial charge in [-0.1, -0.05) is 17.4 Å². The lowest BCUT2D eigenvalue weighted by atomic mass is 10.3. The van der Waals surface area contributed by atoms with Crippen molar-refractivity contribution >= 4 is 28.5 Å². The molecule has 3 aromatic rings. The summed E-state index contributed by atoms with van der Waals surface area (Å²) in [5.74, 6) is 0. The van der Waals surface area contributed by atoms with Gasteiger partial charge in [0.25, 0.3) is 0 Å². The quantitative estimate of drug-likeness (QED) is 0.652. The Kier molecular flexibility index (Phi) is 1.93. The molecular weight excluding hydrogens is 232 g/mol. The van der Waals surface area contributed by atoms with E-state index in [2.05, 4.69) is 15.3 Å². The smallest absolute Gasteiger partial charge is 0.207 e. The van der Waals surface area contributed by atoms with Crippen LogP contribution in [0, 0.1) is 0 Å². The Labute approximate surface area is 94.1 Å². The zero-order chi connectivity index (χ0) is 10.3. The van der Waals surface area contributed by atoms with E-state index in [-0.39, 0.29) is 0 Å². The van der Waals surface area contributed by atoms with Gasteiger partial charge >= 0.3 is 0 Å². The van der Waals surface area contributed by atoms with Gasteiger partial charge in [-0.05, 0) is 23.7 Å². The summed E-state index contributed by atoms with van der Waals surface area (Å²) in [6.45, 7) is 0. The summed E-state index contributed by atoms with van der Waals surface area (Å²) in [6, 6.07) is 5.87. The molecule has 0 amide bonds. The standard InChI is InChI=1S/C9H5ClN4S/c10-9-13-12-8(15-9)6-5-11-14-4-2-1-3-7(6)14/h1-5H. The average Bonchev–Trinajstić information content (AvgIpc) is 2.83. The summed E-state index contributed by atoms with van der Waals surface area (Å²) in [7, 11) is 0. The Bertz CT molecular complexity index is 615. The number of pyridine rings is 1. The van der Waals surface area contributed by atoms with Crippen molar-refractivity contribution < 1.29 is 0 Å². The molecule has 74 valence electrons.